The second kappa shape index (κ2) is 18.9. The maximum absolute atomic E-state index is 2.41. The molecule has 4 heteroatoms. The SMILES string of the molecule is CCN(CC)c1ccc(C(=CCC=C(c2ccc(N(CC)CC)cc2)c2ccc(N(CC)CC)cc2)c2ccc(N(CC)CC)cc2)cc1. The maximum atomic E-state index is 2.41. The van der Waals surface area contributed by atoms with E-state index in [2.05, 4.69) is 184 Å². The van der Waals surface area contributed by atoms with Crippen molar-refractivity contribution in [1.82, 2.24) is 0 Å². The van der Waals surface area contributed by atoms with E-state index in [1.807, 2.05) is 0 Å². The highest BCUT2D eigenvalue weighted by molar-refractivity contribution is 5.84. The fourth-order valence-corrected chi connectivity index (χ4v) is 6.86. The van der Waals surface area contributed by atoms with Gasteiger partial charge < -0.3 is 19.6 Å². The van der Waals surface area contributed by atoms with Crippen LogP contribution in [0.5, 0.6) is 0 Å². The van der Waals surface area contributed by atoms with Gasteiger partial charge in [0.2, 0.25) is 0 Å². The second-order valence-electron chi connectivity index (χ2n) is 12.3. The molecule has 0 atom stereocenters. The van der Waals surface area contributed by atoms with Crippen LogP contribution in [-0.4, -0.2) is 52.4 Å². The van der Waals surface area contributed by atoms with Gasteiger partial charge in [0.15, 0.2) is 0 Å². The molecule has 0 spiro atoms. The average molecular weight is 657 g/mol. The van der Waals surface area contributed by atoms with Crippen LogP contribution < -0.4 is 19.6 Å². The molecule has 4 nitrogen and oxygen atoms in total. The molecule has 0 amide bonds. The molecule has 0 aliphatic carbocycles. The third-order valence-electron chi connectivity index (χ3n) is 9.87. The van der Waals surface area contributed by atoms with Crippen LogP contribution in [0.4, 0.5) is 22.7 Å². The van der Waals surface area contributed by atoms with E-state index >= 15 is 0 Å². The van der Waals surface area contributed by atoms with Crippen LogP contribution in [0, 0.1) is 0 Å². The Morgan fingerprint density at radius 1 is 0.327 bits per heavy atom. The first kappa shape index (κ1) is 37.4. The standard InChI is InChI=1S/C45H60N4/c1-9-46(10-2)40-28-20-36(21-29-40)44(37-22-30-41(31-23-37)47(11-3)12-4)18-17-19-45(38-24-32-42(33-25-38)48(13-5)14-6)39-26-34-43(35-27-39)49(15-7)16-8/h18-35H,9-17H2,1-8H3. The summed E-state index contributed by atoms with van der Waals surface area (Å²) in [6.45, 7) is 25.8. The molecular formula is C45H60N4. The number of rotatable bonds is 18. The van der Waals surface area contributed by atoms with Crippen molar-refractivity contribution in [2.24, 2.45) is 0 Å². The Bertz CT molecular complexity index is 1350. The van der Waals surface area contributed by atoms with Crippen LogP contribution in [0.2, 0.25) is 0 Å². The van der Waals surface area contributed by atoms with Gasteiger partial charge in [0.1, 0.15) is 0 Å². The predicted molar refractivity (Wildman–Crippen MR) is 219 cm³/mol. The molecule has 0 bridgehead atoms. The van der Waals surface area contributed by atoms with E-state index in [-0.39, 0.29) is 0 Å². The van der Waals surface area contributed by atoms with E-state index in [0.29, 0.717) is 0 Å². The van der Waals surface area contributed by atoms with Gasteiger partial charge in [0.25, 0.3) is 0 Å². The van der Waals surface area contributed by atoms with Gasteiger partial charge in [-0.05, 0) is 144 Å². The number of benzene rings is 4. The molecule has 0 aliphatic rings. The van der Waals surface area contributed by atoms with Gasteiger partial charge in [-0.25, -0.2) is 0 Å². The minimum Gasteiger partial charge on any atom is -0.372 e. The normalized spacial score (nSPS) is 10.8. The molecule has 4 rings (SSSR count). The highest BCUT2D eigenvalue weighted by atomic mass is 15.1. The van der Waals surface area contributed by atoms with Crippen molar-refractivity contribution in [3.05, 3.63) is 131 Å². The van der Waals surface area contributed by atoms with E-state index < -0.39 is 0 Å². The molecule has 0 N–H and O–H groups in total. The van der Waals surface area contributed by atoms with E-state index in [1.54, 1.807) is 0 Å². The Kier molecular flexibility index (Phi) is 14.4. The van der Waals surface area contributed by atoms with Crippen molar-refractivity contribution >= 4 is 33.9 Å². The molecular weight excluding hydrogens is 597 g/mol. The minimum absolute atomic E-state index is 0.815. The van der Waals surface area contributed by atoms with E-state index in [4.69, 9.17) is 0 Å². The van der Waals surface area contributed by atoms with Crippen molar-refractivity contribution < 1.29 is 0 Å². The van der Waals surface area contributed by atoms with Crippen molar-refractivity contribution in [2.45, 2.75) is 61.8 Å². The molecule has 0 aromatic heterocycles. The first-order chi connectivity index (χ1) is 23.9. The molecule has 0 aliphatic heterocycles. The lowest BCUT2D eigenvalue weighted by atomic mass is 9.93. The first-order valence-corrected chi connectivity index (χ1v) is 18.8. The van der Waals surface area contributed by atoms with Gasteiger partial charge in [0, 0.05) is 75.1 Å². The monoisotopic (exact) mass is 656 g/mol. The zero-order valence-electron chi connectivity index (χ0n) is 31.5. The summed E-state index contributed by atoms with van der Waals surface area (Å²) in [4.78, 5) is 9.60. The van der Waals surface area contributed by atoms with Gasteiger partial charge in [0.05, 0.1) is 0 Å². The van der Waals surface area contributed by atoms with Crippen molar-refractivity contribution in [2.75, 3.05) is 72.0 Å². The summed E-state index contributed by atoms with van der Waals surface area (Å²) in [6.07, 6.45) is 5.64. The van der Waals surface area contributed by atoms with Crippen LogP contribution in [-0.2, 0) is 0 Å². The molecule has 4 aromatic rings. The molecule has 49 heavy (non-hydrogen) atoms. The second-order valence-corrected chi connectivity index (χ2v) is 12.3. The highest BCUT2D eigenvalue weighted by Crippen LogP contribution is 2.31. The molecule has 260 valence electrons. The van der Waals surface area contributed by atoms with Gasteiger partial charge >= 0.3 is 0 Å². The number of hydrogen-bond acceptors (Lipinski definition) is 4. The zero-order valence-corrected chi connectivity index (χ0v) is 31.5. The lowest BCUT2D eigenvalue weighted by Gasteiger charge is -2.22. The molecule has 0 saturated carbocycles. The van der Waals surface area contributed by atoms with Gasteiger partial charge in [-0.2, -0.15) is 0 Å². The lowest BCUT2D eigenvalue weighted by molar-refractivity contribution is 0.866. The molecule has 0 saturated heterocycles. The molecule has 0 radical (unpaired) electrons. The summed E-state index contributed by atoms with van der Waals surface area (Å²) in [5.41, 5.74) is 12.6. The largest absolute Gasteiger partial charge is 0.372 e. The summed E-state index contributed by atoms with van der Waals surface area (Å²) < 4.78 is 0. The van der Waals surface area contributed by atoms with Crippen LogP contribution in [0.3, 0.4) is 0 Å². The van der Waals surface area contributed by atoms with E-state index in [0.717, 1.165) is 58.8 Å². The van der Waals surface area contributed by atoms with Crippen molar-refractivity contribution in [3.63, 3.8) is 0 Å². The van der Waals surface area contributed by atoms with Gasteiger partial charge in [-0.15, -0.1) is 0 Å². The van der Waals surface area contributed by atoms with Crippen LogP contribution in [0.25, 0.3) is 11.1 Å². The Hall–Kier alpha value is -4.44. The third kappa shape index (κ3) is 9.38. The summed E-state index contributed by atoms with van der Waals surface area (Å²) in [5.74, 6) is 0. The highest BCUT2D eigenvalue weighted by Gasteiger charge is 2.12. The van der Waals surface area contributed by atoms with Gasteiger partial charge in [-0.1, -0.05) is 60.7 Å². The predicted octanol–water partition coefficient (Wildman–Crippen LogP) is 11.0. The van der Waals surface area contributed by atoms with Crippen LogP contribution in [0.15, 0.2) is 109 Å². The third-order valence-corrected chi connectivity index (χ3v) is 9.87. The van der Waals surface area contributed by atoms with Crippen molar-refractivity contribution in [1.29, 1.82) is 0 Å². The number of hydrogen-bond donors (Lipinski definition) is 0. The minimum atomic E-state index is 0.815. The molecule has 0 fully saturated rings. The van der Waals surface area contributed by atoms with Crippen LogP contribution in [0.1, 0.15) is 84.1 Å². The van der Waals surface area contributed by atoms with Crippen molar-refractivity contribution in [3.8, 4) is 0 Å². The van der Waals surface area contributed by atoms with Gasteiger partial charge in [-0.3, -0.25) is 0 Å². The quantitative estimate of drug-likeness (QED) is 0.106. The van der Waals surface area contributed by atoms with E-state index in [1.165, 1.54) is 56.1 Å². The first-order valence-electron chi connectivity index (χ1n) is 18.8. The number of nitrogens with zero attached hydrogens (tertiary/aromatic N) is 4. The lowest BCUT2D eigenvalue weighted by Crippen LogP contribution is -2.21. The Labute approximate surface area is 298 Å². The Morgan fingerprint density at radius 3 is 0.673 bits per heavy atom. The fraction of sp³-hybridized carbons (Fsp3) is 0.378. The number of anilines is 4. The Morgan fingerprint density at radius 2 is 0.510 bits per heavy atom. The summed E-state index contributed by atoms with van der Waals surface area (Å²) in [5, 5.41) is 0. The summed E-state index contributed by atoms with van der Waals surface area (Å²) in [6, 6.07) is 36.5. The molecule has 0 heterocycles. The number of allylic oxidation sites excluding steroid dienone is 2. The topological polar surface area (TPSA) is 13.0 Å². The van der Waals surface area contributed by atoms with Crippen LogP contribution >= 0.6 is 0 Å². The molecule has 0 unspecified atom stereocenters. The zero-order chi connectivity index (χ0) is 35.2. The summed E-state index contributed by atoms with van der Waals surface area (Å²) >= 11 is 0. The Balaban J connectivity index is 1.78. The maximum Gasteiger partial charge on any atom is 0.0366 e. The van der Waals surface area contributed by atoms with E-state index in [9.17, 15) is 0 Å². The average Bonchev–Trinajstić information content (AvgIpc) is 3.15. The summed E-state index contributed by atoms with van der Waals surface area (Å²) in [7, 11) is 0. The smallest absolute Gasteiger partial charge is 0.0366 e. The fourth-order valence-electron chi connectivity index (χ4n) is 6.86. The molecule has 4 aromatic carbocycles.